The molecule has 0 bridgehead atoms. The fourth-order valence-corrected chi connectivity index (χ4v) is 3.43. The summed E-state index contributed by atoms with van der Waals surface area (Å²) in [5.41, 5.74) is 0.842. The third-order valence-corrected chi connectivity index (χ3v) is 5.12. The van der Waals surface area contributed by atoms with Gasteiger partial charge in [-0.3, -0.25) is 9.69 Å². The van der Waals surface area contributed by atoms with Gasteiger partial charge in [0.2, 0.25) is 17.6 Å². The molecular weight excluding hydrogens is 364 g/mol. The molecular formula is C20H27ClN4O2. The molecule has 1 aliphatic rings. The Balaban J connectivity index is 1.46. The molecule has 0 unspecified atom stereocenters. The maximum atomic E-state index is 12.3. The first-order valence-corrected chi connectivity index (χ1v) is 9.97. The standard InChI is InChI=1S/C20H27ClN4O2/c1-14(2)6-9-22-20(26)15-7-10-25(11-8-15)13-18-23-19(24-27-18)16-4-3-5-17(21)12-16/h3-5,12,14-15H,6-11,13H2,1-2H3,(H,22,26). The summed E-state index contributed by atoms with van der Waals surface area (Å²) >= 11 is 6.02. The summed E-state index contributed by atoms with van der Waals surface area (Å²) in [5, 5.41) is 7.76. The Labute approximate surface area is 165 Å². The van der Waals surface area contributed by atoms with Crippen molar-refractivity contribution < 1.29 is 9.32 Å². The molecule has 0 aliphatic carbocycles. The highest BCUT2D eigenvalue weighted by molar-refractivity contribution is 6.30. The van der Waals surface area contributed by atoms with E-state index in [1.807, 2.05) is 24.3 Å². The Morgan fingerprint density at radius 3 is 2.85 bits per heavy atom. The molecule has 7 heteroatoms. The largest absolute Gasteiger partial charge is 0.356 e. The van der Waals surface area contributed by atoms with Gasteiger partial charge in [0.15, 0.2) is 0 Å². The van der Waals surface area contributed by atoms with Crippen LogP contribution in [0.15, 0.2) is 28.8 Å². The first-order valence-electron chi connectivity index (χ1n) is 9.60. The minimum absolute atomic E-state index is 0.109. The van der Waals surface area contributed by atoms with Crippen molar-refractivity contribution in [2.24, 2.45) is 11.8 Å². The number of benzene rings is 1. The monoisotopic (exact) mass is 390 g/mol. The van der Waals surface area contributed by atoms with Gasteiger partial charge in [0.05, 0.1) is 6.54 Å². The lowest BCUT2D eigenvalue weighted by Crippen LogP contribution is -2.40. The van der Waals surface area contributed by atoms with Crippen molar-refractivity contribution in [3.63, 3.8) is 0 Å². The smallest absolute Gasteiger partial charge is 0.241 e. The highest BCUT2D eigenvalue weighted by atomic mass is 35.5. The molecule has 2 heterocycles. The van der Waals surface area contributed by atoms with Crippen molar-refractivity contribution >= 4 is 17.5 Å². The van der Waals surface area contributed by atoms with Gasteiger partial charge in [-0.1, -0.05) is 42.7 Å². The van der Waals surface area contributed by atoms with E-state index in [1.54, 1.807) is 0 Å². The number of rotatable bonds is 7. The van der Waals surface area contributed by atoms with E-state index in [9.17, 15) is 4.79 Å². The van der Waals surface area contributed by atoms with Crippen molar-refractivity contribution in [2.45, 2.75) is 39.7 Å². The summed E-state index contributed by atoms with van der Waals surface area (Å²) in [5.74, 6) is 2.05. The molecule has 1 saturated heterocycles. The van der Waals surface area contributed by atoms with Gasteiger partial charge in [0, 0.05) is 23.0 Å². The summed E-state index contributed by atoms with van der Waals surface area (Å²) in [4.78, 5) is 19.0. The summed E-state index contributed by atoms with van der Waals surface area (Å²) < 4.78 is 5.39. The molecule has 3 rings (SSSR count). The molecule has 6 nitrogen and oxygen atoms in total. The lowest BCUT2D eigenvalue weighted by Gasteiger charge is -2.30. The van der Waals surface area contributed by atoms with Crippen LogP contribution in [0.5, 0.6) is 0 Å². The van der Waals surface area contributed by atoms with Crippen LogP contribution in [0, 0.1) is 11.8 Å². The number of nitrogens with one attached hydrogen (secondary N) is 1. The summed E-state index contributed by atoms with van der Waals surface area (Å²) in [6.45, 7) is 7.43. The number of nitrogens with zero attached hydrogens (tertiary/aromatic N) is 3. The van der Waals surface area contributed by atoms with E-state index in [4.69, 9.17) is 16.1 Å². The van der Waals surface area contributed by atoms with E-state index in [0.717, 1.165) is 44.5 Å². The molecule has 0 radical (unpaired) electrons. The van der Waals surface area contributed by atoms with E-state index in [1.165, 1.54) is 0 Å². The molecule has 1 aromatic heterocycles. The van der Waals surface area contributed by atoms with E-state index in [2.05, 4.69) is 34.2 Å². The Morgan fingerprint density at radius 1 is 1.37 bits per heavy atom. The zero-order valence-corrected chi connectivity index (χ0v) is 16.7. The van der Waals surface area contributed by atoms with Crippen molar-refractivity contribution in [3.8, 4) is 11.4 Å². The number of piperidine rings is 1. The van der Waals surface area contributed by atoms with Crippen molar-refractivity contribution in [1.29, 1.82) is 0 Å². The lowest BCUT2D eigenvalue weighted by atomic mass is 9.96. The second-order valence-corrected chi connectivity index (χ2v) is 7.98. The third-order valence-electron chi connectivity index (χ3n) is 4.89. The normalized spacial score (nSPS) is 16.0. The van der Waals surface area contributed by atoms with Crippen molar-refractivity contribution in [1.82, 2.24) is 20.4 Å². The zero-order chi connectivity index (χ0) is 19.2. The van der Waals surface area contributed by atoms with Crippen LogP contribution in [-0.2, 0) is 11.3 Å². The minimum atomic E-state index is 0.109. The summed E-state index contributed by atoms with van der Waals surface area (Å²) in [6, 6.07) is 7.41. The summed E-state index contributed by atoms with van der Waals surface area (Å²) in [6.07, 6.45) is 2.75. The number of amides is 1. The number of halogens is 1. The van der Waals surface area contributed by atoms with Gasteiger partial charge >= 0.3 is 0 Å². The Hall–Kier alpha value is -1.92. The van der Waals surface area contributed by atoms with Gasteiger partial charge in [0.1, 0.15) is 0 Å². The number of carbonyl (C=O) groups is 1. The van der Waals surface area contributed by atoms with Crippen LogP contribution in [0.4, 0.5) is 0 Å². The van der Waals surface area contributed by atoms with Crippen molar-refractivity contribution in [2.75, 3.05) is 19.6 Å². The molecule has 0 atom stereocenters. The SMILES string of the molecule is CC(C)CCNC(=O)C1CCN(Cc2nc(-c3cccc(Cl)c3)no2)CC1. The van der Waals surface area contributed by atoms with Crippen LogP contribution in [-0.4, -0.2) is 40.6 Å². The van der Waals surface area contributed by atoms with Crippen LogP contribution in [0.25, 0.3) is 11.4 Å². The molecule has 1 N–H and O–H groups in total. The molecule has 1 aromatic carbocycles. The number of hydrogen-bond donors (Lipinski definition) is 1. The molecule has 0 spiro atoms. The first kappa shape index (κ1) is 19.8. The van der Waals surface area contributed by atoms with Crippen LogP contribution in [0.2, 0.25) is 5.02 Å². The average molecular weight is 391 g/mol. The van der Waals surface area contributed by atoms with Gasteiger partial charge in [0.25, 0.3) is 0 Å². The lowest BCUT2D eigenvalue weighted by molar-refractivity contribution is -0.126. The Morgan fingerprint density at radius 2 is 2.15 bits per heavy atom. The number of hydrogen-bond acceptors (Lipinski definition) is 5. The fourth-order valence-electron chi connectivity index (χ4n) is 3.24. The molecule has 0 saturated carbocycles. The highest BCUT2D eigenvalue weighted by Crippen LogP contribution is 2.22. The van der Waals surface area contributed by atoms with Crippen molar-refractivity contribution in [3.05, 3.63) is 35.2 Å². The Bertz CT molecular complexity index is 754. The molecule has 2 aromatic rings. The predicted octanol–water partition coefficient (Wildman–Crippen LogP) is 3.76. The van der Waals surface area contributed by atoms with Gasteiger partial charge in [-0.2, -0.15) is 4.98 Å². The van der Waals surface area contributed by atoms with E-state index >= 15 is 0 Å². The van der Waals surface area contributed by atoms with E-state index in [-0.39, 0.29) is 11.8 Å². The Kier molecular flexibility index (Phi) is 6.85. The van der Waals surface area contributed by atoms with E-state index in [0.29, 0.717) is 29.2 Å². The molecule has 1 fully saturated rings. The van der Waals surface area contributed by atoms with Gasteiger partial charge in [-0.05, 0) is 50.4 Å². The molecule has 1 aliphatic heterocycles. The van der Waals surface area contributed by atoms with E-state index < -0.39 is 0 Å². The van der Waals surface area contributed by atoms with Gasteiger partial charge in [-0.15, -0.1) is 0 Å². The number of carbonyl (C=O) groups excluding carboxylic acids is 1. The van der Waals surface area contributed by atoms with Gasteiger partial charge in [-0.25, -0.2) is 0 Å². The second-order valence-electron chi connectivity index (χ2n) is 7.55. The predicted molar refractivity (Wildman–Crippen MR) is 105 cm³/mol. The van der Waals surface area contributed by atoms with Crippen LogP contribution in [0.3, 0.4) is 0 Å². The zero-order valence-electron chi connectivity index (χ0n) is 15.9. The number of aromatic nitrogens is 2. The van der Waals surface area contributed by atoms with Gasteiger partial charge < -0.3 is 9.84 Å². The summed E-state index contributed by atoms with van der Waals surface area (Å²) in [7, 11) is 0. The number of likely N-dealkylation sites (tertiary alicyclic amines) is 1. The third kappa shape index (κ3) is 5.78. The topological polar surface area (TPSA) is 71.3 Å². The second kappa shape index (κ2) is 9.33. The molecule has 146 valence electrons. The minimum Gasteiger partial charge on any atom is -0.356 e. The van der Waals surface area contributed by atoms with Crippen LogP contribution < -0.4 is 5.32 Å². The fraction of sp³-hybridized carbons (Fsp3) is 0.550. The van der Waals surface area contributed by atoms with Crippen LogP contribution >= 0.6 is 11.6 Å². The molecule has 1 amide bonds. The molecule has 27 heavy (non-hydrogen) atoms. The average Bonchev–Trinajstić information content (AvgIpc) is 3.10. The maximum Gasteiger partial charge on any atom is 0.241 e. The first-order chi connectivity index (χ1) is 13.0. The quantitative estimate of drug-likeness (QED) is 0.779. The highest BCUT2D eigenvalue weighted by Gasteiger charge is 2.25. The van der Waals surface area contributed by atoms with Crippen LogP contribution in [0.1, 0.15) is 39.0 Å². The maximum absolute atomic E-state index is 12.3.